The molecule has 2 aromatic heterocycles. The SMILES string of the molecule is CC(NCC1CCOC1)c1nnc2ccccn12. The maximum Gasteiger partial charge on any atom is 0.160 e. The summed E-state index contributed by atoms with van der Waals surface area (Å²) in [4.78, 5) is 0. The first-order chi connectivity index (χ1) is 8.84. The van der Waals surface area contributed by atoms with Crippen molar-refractivity contribution in [3.8, 4) is 0 Å². The highest BCUT2D eigenvalue weighted by Gasteiger charge is 2.18. The summed E-state index contributed by atoms with van der Waals surface area (Å²) in [5.74, 6) is 1.59. The Morgan fingerprint density at radius 3 is 3.28 bits per heavy atom. The van der Waals surface area contributed by atoms with E-state index >= 15 is 0 Å². The zero-order valence-electron chi connectivity index (χ0n) is 10.5. The minimum atomic E-state index is 0.197. The summed E-state index contributed by atoms with van der Waals surface area (Å²) >= 11 is 0. The standard InChI is InChI=1S/C13H18N4O/c1-10(14-8-11-5-7-18-9-11)13-16-15-12-4-2-3-6-17(12)13/h2-4,6,10-11,14H,5,7-9H2,1H3. The van der Waals surface area contributed by atoms with Crippen molar-refractivity contribution < 1.29 is 4.74 Å². The van der Waals surface area contributed by atoms with Gasteiger partial charge in [-0.05, 0) is 31.4 Å². The smallest absolute Gasteiger partial charge is 0.160 e. The topological polar surface area (TPSA) is 51.5 Å². The van der Waals surface area contributed by atoms with Crippen LogP contribution in [0.1, 0.15) is 25.2 Å². The highest BCUT2D eigenvalue weighted by molar-refractivity contribution is 5.37. The Bertz CT molecular complexity index is 518. The Morgan fingerprint density at radius 1 is 1.50 bits per heavy atom. The maximum absolute atomic E-state index is 5.38. The third-order valence-corrected chi connectivity index (χ3v) is 3.46. The Kier molecular flexibility index (Phi) is 3.25. The fourth-order valence-electron chi connectivity index (χ4n) is 2.33. The van der Waals surface area contributed by atoms with Gasteiger partial charge in [0.05, 0.1) is 12.6 Å². The molecule has 96 valence electrons. The molecule has 1 aliphatic heterocycles. The second-order valence-electron chi connectivity index (χ2n) is 4.85. The van der Waals surface area contributed by atoms with Crippen LogP contribution in [-0.2, 0) is 4.74 Å². The molecule has 0 aromatic carbocycles. The summed E-state index contributed by atoms with van der Waals surface area (Å²) in [6.07, 6.45) is 3.15. The van der Waals surface area contributed by atoms with E-state index in [0.717, 1.165) is 37.7 Å². The van der Waals surface area contributed by atoms with Crippen molar-refractivity contribution in [2.45, 2.75) is 19.4 Å². The molecule has 1 aliphatic rings. The monoisotopic (exact) mass is 246 g/mol. The van der Waals surface area contributed by atoms with Crippen LogP contribution < -0.4 is 5.32 Å². The van der Waals surface area contributed by atoms with E-state index in [4.69, 9.17) is 4.74 Å². The molecule has 2 unspecified atom stereocenters. The molecule has 2 aromatic rings. The number of pyridine rings is 1. The van der Waals surface area contributed by atoms with Crippen LogP contribution in [0, 0.1) is 5.92 Å². The van der Waals surface area contributed by atoms with Gasteiger partial charge in [-0.1, -0.05) is 6.07 Å². The minimum absolute atomic E-state index is 0.197. The van der Waals surface area contributed by atoms with Gasteiger partial charge in [0, 0.05) is 19.3 Å². The summed E-state index contributed by atoms with van der Waals surface area (Å²) in [6.45, 7) is 4.87. The van der Waals surface area contributed by atoms with Gasteiger partial charge in [-0.15, -0.1) is 10.2 Å². The molecule has 5 heteroatoms. The predicted octanol–water partition coefficient (Wildman–Crippen LogP) is 1.42. The number of fused-ring (bicyclic) bond motifs is 1. The Morgan fingerprint density at radius 2 is 2.44 bits per heavy atom. The van der Waals surface area contributed by atoms with Gasteiger partial charge < -0.3 is 10.1 Å². The maximum atomic E-state index is 5.38. The van der Waals surface area contributed by atoms with Gasteiger partial charge >= 0.3 is 0 Å². The van der Waals surface area contributed by atoms with Gasteiger partial charge in [0.1, 0.15) is 0 Å². The first kappa shape index (κ1) is 11.6. The van der Waals surface area contributed by atoms with E-state index in [0.29, 0.717) is 5.92 Å². The Balaban J connectivity index is 1.69. The van der Waals surface area contributed by atoms with Crippen molar-refractivity contribution in [3.63, 3.8) is 0 Å². The lowest BCUT2D eigenvalue weighted by Gasteiger charge is -2.14. The number of aromatic nitrogens is 3. The van der Waals surface area contributed by atoms with Crippen LogP contribution in [0.15, 0.2) is 24.4 Å². The fourth-order valence-corrected chi connectivity index (χ4v) is 2.33. The quantitative estimate of drug-likeness (QED) is 0.886. The summed E-state index contributed by atoms with van der Waals surface area (Å²) < 4.78 is 7.41. The minimum Gasteiger partial charge on any atom is -0.381 e. The van der Waals surface area contributed by atoms with Gasteiger partial charge in [-0.2, -0.15) is 0 Å². The normalized spacial score (nSPS) is 21.5. The number of hydrogen-bond acceptors (Lipinski definition) is 4. The number of nitrogens with zero attached hydrogens (tertiary/aromatic N) is 3. The molecule has 5 nitrogen and oxygen atoms in total. The molecule has 18 heavy (non-hydrogen) atoms. The van der Waals surface area contributed by atoms with E-state index in [-0.39, 0.29) is 6.04 Å². The molecule has 0 bridgehead atoms. The molecule has 1 saturated heterocycles. The van der Waals surface area contributed by atoms with Crippen molar-refractivity contribution in [2.75, 3.05) is 19.8 Å². The third kappa shape index (κ3) is 2.23. The molecule has 0 saturated carbocycles. The second kappa shape index (κ2) is 5.04. The van der Waals surface area contributed by atoms with E-state index in [1.54, 1.807) is 0 Å². The van der Waals surface area contributed by atoms with E-state index in [1.165, 1.54) is 0 Å². The van der Waals surface area contributed by atoms with Gasteiger partial charge in [-0.3, -0.25) is 4.40 Å². The van der Waals surface area contributed by atoms with Crippen molar-refractivity contribution in [1.29, 1.82) is 0 Å². The van der Waals surface area contributed by atoms with Crippen LogP contribution in [0.4, 0.5) is 0 Å². The molecule has 1 N–H and O–H groups in total. The van der Waals surface area contributed by atoms with Crippen molar-refractivity contribution >= 4 is 5.65 Å². The average Bonchev–Trinajstić information content (AvgIpc) is 3.05. The predicted molar refractivity (Wildman–Crippen MR) is 68.3 cm³/mol. The van der Waals surface area contributed by atoms with Crippen LogP contribution in [0.2, 0.25) is 0 Å². The molecular weight excluding hydrogens is 228 g/mol. The molecule has 2 atom stereocenters. The van der Waals surface area contributed by atoms with Crippen molar-refractivity contribution in [1.82, 2.24) is 19.9 Å². The molecule has 3 rings (SSSR count). The molecule has 0 aliphatic carbocycles. The van der Waals surface area contributed by atoms with Gasteiger partial charge in [0.2, 0.25) is 0 Å². The van der Waals surface area contributed by atoms with Gasteiger partial charge in [0.25, 0.3) is 0 Å². The third-order valence-electron chi connectivity index (χ3n) is 3.46. The first-order valence-electron chi connectivity index (χ1n) is 6.45. The second-order valence-corrected chi connectivity index (χ2v) is 4.85. The summed E-state index contributed by atoms with van der Waals surface area (Å²) in [6, 6.07) is 6.13. The summed E-state index contributed by atoms with van der Waals surface area (Å²) in [5.41, 5.74) is 0.894. The molecule has 0 amide bonds. The fraction of sp³-hybridized carbons (Fsp3) is 0.538. The van der Waals surface area contributed by atoms with Crippen LogP contribution in [0.25, 0.3) is 5.65 Å². The molecule has 0 spiro atoms. The number of rotatable bonds is 4. The highest BCUT2D eigenvalue weighted by atomic mass is 16.5. The van der Waals surface area contributed by atoms with Crippen molar-refractivity contribution in [3.05, 3.63) is 30.2 Å². The van der Waals surface area contributed by atoms with E-state index in [2.05, 4.69) is 22.4 Å². The summed E-state index contributed by atoms with van der Waals surface area (Å²) in [7, 11) is 0. The average molecular weight is 246 g/mol. The molecule has 1 fully saturated rings. The number of nitrogens with one attached hydrogen (secondary N) is 1. The molecular formula is C13H18N4O. The summed E-state index contributed by atoms with van der Waals surface area (Å²) in [5, 5.41) is 11.9. The van der Waals surface area contributed by atoms with Crippen LogP contribution >= 0.6 is 0 Å². The van der Waals surface area contributed by atoms with Crippen LogP contribution in [-0.4, -0.2) is 34.4 Å². The van der Waals surface area contributed by atoms with Crippen LogP contribution in [0.3, 0.4) is 0 Å². The lowest BCUT2D eigenvalue weighted by Crippen LogP contribution is -2.27. The number of hydrogen-bond donors (Lipinski definition) is 1. The van der Waals surface area contributed by atoms with E-state index < -0.39 is 0 Å². The van der Waals surface area contributed by atoms with E-state index in [9.17, 15) is 0 Å². The first-order valence-corrected chi connectivity index (χ1v) is 6.45. The largest absolute Gasteiger partial charge is 0.381 e. The Labute approximate surface area is 106 Å². The molecule has 3 heterocycles. The van der Waals surface area contributed by atoms with Crippen molar-refractivity contribution in [2.24, 2.45) is 5.92 Å². The number of ether oxygens (including phenoxy) is 1. The zero-order valence-corrected chi connectivity index (χ0v) is 10.5. The highest BCUT2D eigenvalue weighted by Crippen LogP contribution is 2.15. The zero-order chi connectivity index (χ0) is 12.4. The lowest BCUT2D eigenvalue weighted by molar-refractivity contribution is 0.184. The molecule has 0 radical (unpaired) electrons. The van der Waals surface area contributed by atoms with Crippen LogP contribution in [0.5, 0.6) is 0 Å². The lowest BCUT2D eigenvalue weighted by atomic mass is 10.1. The Hall–Kier alpha value is -1.46. The van der Waals surface area contributed by atoms with Gasteiger partial charge in [0.15, 0.2) is 11.5 Å². The van der Waals surface area contributed by atoms with E-state index in [1.807, 2.05) is 28.8 Å². The van der Waals surface area contributed by atoms with Gasteiger partial charge in [-0.25, -0.2) is 0 Å².